The van der Waals surface area contributed by atoms with Gasteiger partial charge >= 0.3 is 6.36 Å². The van der Waals surface area contributed by atoms with Crippen LogP contribution in [0, 0.1) is 0 Å². The van der Waals surface area contributed by atoms with Gasteiger partial charge in [0, 0.05) is 5.69 Å². The van der Waals surface area contributed by atoms with Crippen LogP contribution >= 0.6 is 0 Å². The number of anilines is 1. The number of hydrogen-bond donors (Lipinski definition) is 1. The van der Waals surface area contributed by atoms with E-state index in [2.05, 4.69) is 10.1 Å². The van der Waals surface area contributed by atoms with Crippen molar-refractivity contribution in [3.05, 3.63) is 48.0 Å². The van der Waals surface area contributed by atoms with Gasteiger partial charge in [-0.15, -0.1) is 13.2 Å². The zero-order chi connectivity index (χ0) is 17.7. The molecule has 0 bridgehead atoms. The van der Waals surface area contributed by atoms with Gasteiger partial charge in [0.25, 0.3) is 5.91 Å². The summed E-state index contributed by atoms with van der Waals surface area (Å²) in [5, 5.41) is 2.56. The lowest BCUT2D eigenvalue weighted by atomic mass is 10.1. The van der Waals surface area contributed by atoms with Crippen LogP contribution in [0.1, 0.15) is 10.4 Å². The smallest absolute Gasteiger partial charge is 0.496 e. The Hall–Kier alpha value is -2.90. The molecule has 1 amide bonds. The maximum atomic E-state index is 12.4. The lowest BCUT2D eigenvalue weighted by molar-refractivity contribution is -0.274. The first-order chi connectivity index (χ1) is 11.3. The van der Waals surface area contributed by atoms with Crippen LogP contribution < -0.4 is 19.5 Å². The number of alkyl halides is 3. The number of hydrogen-bond acceptors (Lipinski definition) is 4. The van der Waals surface area contributed by atoms with Crippen molar-refractivity contribution >= 4 is 11.6 Å². The molecule has 0 aliphatic carbocycles. The highest BCUT2D eigenvalue weighted by molar-refractivity contribution is 6.08. The summed E-state index contributed by atoms with van der Waals surface area (Å²) in [5.41, 5.74) is 0.473. The molecule has 0 fully saturated rings. The summed E-state index contributed by atoms with van der Waals surface area (Å²) in [5.74, 6) is -0.281. The first-order valence-corrected chi connectivity index (χ1v) is 6.72. The number of rotatable bonds is 5. The maximum absolute atomic E-state index is 12.4. The molecule has 24 heavy (non-hydrogen) atoms. The van der Waals surface area contributed by atoms with E-state index < -0.39 is 12.3 Å². The Morgan fingerprint density at radius 1 is 0.958 bits per heavy atom. The molecule has 2 rings (SSSR count). The van der Waals surface area contributed by atoms with Crippen molar-refractivity contribution in [3.8, 4) is 17.2 Å². The minimum absolute atomic E-state index is 0.179. The van der Waals surface area contributed by atoms with Gasteiger partial charge < -0.3 is 19.5 Å². The molecule has 0 saturated heterocycles. The number of halogens is 3. The Labute approximate surface area is 135 Å². The maximum Gasteiger partial charge on any atom is 0.573 e. The molecule has 8 heteroatoms. The van der Waals surface area contributed by atoms with Gasteiger partial charge in [0.2, 0.25) is 0 Å². The highest BCUT2D eigenvalue weighted by Gasteiger charge is 2.31. The molecular formula is C16H14F3NO4. The summed E-state index contributed by atoms with van der Waals surface area (Å²) in [6.07, 6.45) is -4.77. The van der Waals surface area contributed by atoms with Gasteiger partial charge in [-0.25, -0.2) is 0 Å². The second-order valence-electron chi connectivity index (χ2n) is 4.56. The Morgan fingerprint density at radius 2 is 1.50 bits per heavy atom. The number of carbonyl (C=O) groups is 1. The van der Waals surface area contributed by atoms with Gasteiger partial charge in [0.1, 0.15) is 22.8 Å². The van der Waals surface area contributed by atoms with Crippen LogP contribution in [0.25, 0.3) is 0 Å². The molecule has 2 aromatic carbocycles. The summed E-state index contributed by atoms with van der Waals surface area (Å²) >= 11 is 0. The summed E-state index contributed by atoms with van der Waals surface area (Å²) in [4.78, 5) is 12.4. The number of methoxy groups -OCH3 is 2. The van der Waals surface area contributed by atoms with Crippen LogP contribution in [0.2, 0.25) is 0 Å². The van der Waals surface area contributed by atoms with E-state index >= 15 is 0 Å². The fourth-order valence-corrected chi connectivity index (χ4v) is 2.01. The second kappa shape index (κ2) is 7.12. The highest BCUT2D eigenvalue weighted by atomic mass is 19.4. The molecule has 0 aromatic heterocycles. The molecule has 128 valence electrons. The van der Waals surface area contributed by atoms with Crippen LogP contribution in [0.5, 0.6) is 17.2 Å². The van der Waals surface area contributed by atoms with E-state index in [4.69, 9.17) is 9.47 Å². The fourth-order valence-electron chi connectivity index (χ4n) is 2.01. The Bertz CT molecular complexity index is 692. The van der Waals surface area contributed by atoms with Crippen LogP contribution in [0.3, 0.4) is 0 Å². The molecular weight excluding hydrogens is 327 g/mol. The predicted octanol–water partition coefficient (Wildman–Crippen LogP) is 3.85. The molecule has 0 spiro atoms. The molecule has 0 atom stereocenters. The van der Waals surface area contributed by atoms with Crippen LogP contribution in [-0.2, 0) is 0 Å². The Balaban J connectivity index is 2.18. The number of carbonyl (C=O) groups excluding carboxylic acids is 1. The summed E-state index contributed by atoms with van der Waals surface area (Å²) in [6.45, 7) is 0. The fraction of sp³-hybridized carbons (Fsp3) is 0.188. The lowest BCUT2D eigenvalue weighted by Gasteiger charge is -2.13. The normalized spacial score (nSPS) is 10.9. The molecule has 1 N–H and O–H groups in total. The zero-order valence-corrected chi connectivity index (χ0v) is 12.8. The summed E-state index contributed by atoms with van der Waals surface area (Å²) in [6, 6.07) is 9.64. The van der Waals surface area contributed by atoms with Gasteiger partial charge in [-0.2, -0.15) is 0 Å². The molecule has 0 saturated carbocycles. The third kappa shape index (κ3) is 4.31. The topological polar surface area (TPSA) is 56.8 Å². The van der Waals surface area contributed by atoms with E-state index in [1.165, 1.54) is 26.4 Å². The molecule has 0 radical (unpaired) electrons. The molecule has 0 aliphatic rings. The van der Waals surface area contributed by atoms with Crippen molar-refractivity contribution in [2.45, 2.75) is 6.36 Å². The highest BCUT2D eigenvalue weighted by Crippen LogP contribution is 2.29. The van der Waals surface area contributed by atoms with E-state index in [0.717, 1.165) is 12.1 Å². The average molecular weight is 341 g/mol. The van der Waals surface area contributed by atoms with E-state index in [1.54, 1.807) is 18.2 Å². The van der Waals surface area contributed by atoms with Crippen molar-refractivity contribution < 1.29 is 32.2 Å². The minimum atomic E-state index is -4.77. The molecule has 0 aliphatic heterocycles. The SMILES string of the molecule is COc1cccc(OC)c1C(=O)Nc1ccc(OC(F)(F)F)cc1. The standard InChI is InChI=1S/C16H14F3NO4/c1-22-12-4-3-5-13(23-2)14(12)15(21)20-10-6-8-11(9-7-10)24-16(17,18)19/h3-9H,1-2H3,(H,20,21). The van der Waals surface area contributed by atoms with Crippen LogP contribution in [0.4, 0.5) is 18.9 Å². The van der Waals surface area contributed by atoms with E-state index in [0.29, 0.717) is 17.2 Å². The largest absolute Gasteiger partial charge is 0.573 e. The van der Waals surface area contributed by atoms with Crippen molar-refractivity contribution in [1.82, 2.24) is 0 Å². The van der Waals surface area contributed by atoms with Crippen molar-refractivity contribution in [2.75, 3.05) is 19.5 Å². The first-order valence-electron chi connectivity index (χ1n) is 6.72. The third-order valence-corrected chi connectivity index (χ3v) is 3.00. The van der Waals surface area contributed by atoms with Crippen LogP contribution in [-0.4, -0.2) is 26.5 Å². The van der Waals surface area contributed by atoms with Gasteiger partial charge in [-0.1, -0.05) is 6.07 Å². The van der Waals surface area contributed by atoms with Crippen molar-refractivity contribution in [2.24, 2.45) is 0 Å². The Morgan fingerprint density at radius 3 is 1.96 bits per heavy atom. The van der Waals surface area contributed by atoms with Gasteiger partial charge in [-0.3, -0.25) is 4.79 Å². The molecule has 0 heterocycles. The second-order valence-corrected chi connectivity index (χ2v) is 4.56. The number of ether oxygens (including phenoxy) is 3. The van der Waals surface area contributed by atoms with Crippen LogP contribution in [0.15, 0.2) is 42.5 Å². The number of amides is 1. The summed E-state index contributed by atoms with van der Waals surface area (Å²) < 4.78 is 50.4. The predicted molar refractivity (Wildman–Crippen MR) is 80.6 cm³/mol. The van der Waals surface area contributed by atoms with Gasteiger partial charge in [0.15, 0.2) is 0 Å². The first kappa shape index (κ1) is 17.5. The molecule has 0 unspecified atom stereocenters. The number of nitrogens with one attached hydrogen (secondary N) is 1. The van der Waals surface area contributed by atoms with Crippen molar-refractivity contribution in [1.29, 1.82) is 0 Å². The quantitative estimate of drug-likeness (QED) is 0.897. The molecule has 5 nitrogen and oxygen atoms in total. The molecule has 2 aromatic rings. The van der Waals surface area contributed by atoms with E-state index in [-0.39, 0.29) is 11.3 Å². The number of benzene rings is 2. The monoisotopic (exact) mass is 341 g/mol. The van der Waals surface area contributed by atoms with E-state index in [1.807, 2.05) is 0 Å². The average Bonchev–Trinajstić information content (AvgIpc) is 2.54. The third-order valence-electron chi connectivity index (χ3n) is 3.00. The lowest BCUT2D eigenvalue weighted by Crippen LogP contribution is -2.17. The van der Waals surface area contributed by atoms with E-state index in [9.17, 15) is 18.0 Å². The Kier molecular flexibility index (Phi) is 5.18. The van der Waals surface area contributed by atoms with Gasteiger partial charge in [0.05, 0.1) is 14.2 Å². The van der Waals surface area contributed by atoms with Gasteiger partial charge in [-0.05, 0) is 36.4 Å². The summed E-state index contributed by atoms with van der Waals surface area (Å²) in [7, 11) is 2.82. The zero-order valence-electron chi connectivity index (χ0n) is 12.8. The minimum Gasteiger partial charge on any atom is -0.496 e. The van der Waals surface area contributed by atoms with Crippen molar-refractivity contribution in [3.63, 3.8) is 0 Å².